The van der Waals surface area contributed by atoms with Gasteiger partial charge in [-0.3, -0.25) is 5.41 Å². The molecule has 144 valence electrons. The zero-order chi connectivity index (χ0) is 19.7. The van der Waals surface area contributed by atoms with E-state index in [4.69, 9.17) is 14.7 Å². The maximum absolute atomic E-state index is 10.4. The van der Waals surface area contributed by atoms with Crippen LogP contribution >= 0.6 is 11.3 Å². The van der Waals surface area contributed by atoms with E-state index >= 15 is 0 Å². The van der Waals surface area contributed by atoms with Gasteiger partial charge in [-0.1, -0.05) is 5.16 Å². The fraction of sp³-hybridized carbons (Fsp3) is 0.263. The van der Waals surface area contributed by atoms with Crippen molar-refractivity contribution in [3.05, 3.63) is 52.1 Å². The topological polar surface area (TPSA) is 108 Å². The van der Waals surface area contributed by atoms with Crippen LogP contribution in [0, 0.1) is 12.3 Å². The van der Waals surface area contributed by atoms with Crippen molar-refractivity contribution in [2.24, 2.45) is 0 Å². The molecule has 28 heavy (non-hydrogen) atoms. The summed E-state index contributed by atoms with van der Waals surface area (Å²) in [5.41, 5.74) is 2.23. The van der Waals surface area contributed by atoms with Gasteiger partial charge in [-0.2, -0.15) is 4.98 Å². The number of rotatable bonds is 6. The maximum atomic E-state index is 10.4. The second-order valence-corrected chi connectivity index (χ2v) is 7.20. The molecule has 0 aliphatic carbocycles. The first-order chi connectivity index (χ1) is 13.5. The number of aromatic nitrogens is 3. The van der Waals surface area contributed by atoms with E-state index in [0.29, 0.717) is 35.3 Å². The number of aliphatic hydroxyl groups excluding tert-OH is 1. The molecule has 2 N–H and O–H groups in total. The molecule has 0 amide bonds. The van der Waals surface area contributed by atoms with Gasteiger partial charge in [0.1, 0.15) is 22.4 Å². The van der Waals surface area contributed by atoms with Gasteiger partial charge in [0, 0.05) is 23.9 Å². The van der Waals surface area contributed by atoms with Crippen molar-refractivity contribution in [1.29, 1.82) is 5.41 Å². The first-order valence-corrected chi connectivity index (χ1v) is 9.58. The molecule has 2 aromatic heterocycles. The third-order valence-corrected chi connectivity index (χ3v) is 5.31. The van der Waals surface area contributed by atoms with Gasteiger partial charge >= 0.3 is 0 Å². The van der Waals surface area contributed by atoms with Gasteiger partial charge in [0.2, 0.25) is 5.89 Å². The van der Waals surface area contributed by atoms with Crippen LogP contribution < -0.4 is 4.74 Å². The number of amidine groups is 1. The number of nitrogens with one attached hydrogen (secondary N) is 1. The van der Waals surface area contributed by atoms with E-state index < -0.39 is 0 Å². The smallest absolute Gasteiger partial charge is 0.228 e. The molecule has 0 saturated carbocycles. The van der Waals surface area contributed by atoms with Crippen molar-refractivity contribution >= 4 is 22.7 Å². The lowest BCUT2D eigenvalue weighted by atomic mass is 10.1. The summed E-state index contributed by atoms with van der Waals surface area (Å²) in [6.45, 7) is 2.54. The van der Waals surface area contributed by atoms with Crippen LogP contribution in [0.4, 0.5) is 0 Å². The first-order valence-electron chi connectivity index (χ1n) is 8.70. The molecule has 9 heteroatoms. The summed E-state index contributed by atoms with van der Waals surface area (Å²) in [7, 11) is 1.63. The Kier molecular flexibility index (Phi) is 4.82. The molecule has 0 unspecified atom stereocenters. The number of thiazole rings is 1. The summed E-state index contributed by atoms with van der Waals surface area (Å²) in [6.07, 6.45) is 0.513. The van der Waals surface area contributed by atoms with Crippen molar-refractivity contribution in [2.45, 2.75) is 13.3 Å². The minimum atomic E-state index is 0.155. The summed E-state index contributed by atoms with van der Waals surface area (Å²) in [4.78, 5) is 10.6. The van der Waals surface area contributed by atoms with E-state index in [0.717, 1.165) is 17.0 Å². The van der Waals surface area contributed by atoms with E-state index in [1.165, 1.54) is 11.3 Å². The van der Waals surface area contributed by atoms with Gasteiger partial charge in [0.25, 0.3) is 0 Å². The van der Waals surface area contributed by atoms with Gasteiger partial charge in [-0.05, 0) is 31.2 Å². The van der Waals surface area contributed by atoms with Crippen LogP contribution in [0.5, 0.6) is 5.75 Å². The predicted octanol–water partition coefficient (Wildman–Crippen LogP) is 3.31. The van der Waals surface area contributed by atoms with Gasteiger partial charge in [0.05, 0.1) is 24.9 Å². The fourth-order valence-corrected chi connectivity index (χ4v) is 3.90. The Morgan fingerprint density at radius 3 is 2.75 bits per heavy atom. The Balaban J connectivity index is 1.48. The second kappa shape index (κ2) is 7.43. The molecule has 3 heterocycles. The number of aliphatic hydroxyl groups is 1. The van der Waals surface area contributed by atoms with Crippen LogP contribution in [0.2, 0.25) is 0 Å². The summed E-state index contributed by atoms with van der Waals surface area (Å²) in [5.74, 6) is 2.30. The van der Waals surface area contributed by atoms with E-state index in [9.17, 15) is 5.11 Å². The van der Waals surface area contributed by atoms with Crippen molar-refractivity contribution in [3.63, 3.8) is 0 Å². The van der Waals surface area contributed by atoms with E-state index in [2.05, 4.69) is 15.1 Å². The van der Waals surface area contributed by atoms with Crippen LogP contribution in [0.3, 0.4) is 0 Å². The molecule has 1 aliphatic heterocycles. The van der Waals surface area contributed by atoms with E-state index in [1.807, 2.05) is 29.6 Å². The normalized spacial score (nSPS) is 14.2. The lowest BCUT2D eigenvalue weighted by Gasteiger charge is -2.16. The predicted molar refractivity (Wildman–Crippen MR) is 106 cm³/mol. The summed E-state index contributed by atoms with van der Waals surface area (Å²) in [5, 5.41) is 25.2. The highest BCUT2D eigenvalue weighted by atomic mass is 32.1. The van der Waals surface area contributed by atoms with Gasteiger partial charge in [-0.25, -0.2) is 4.98 Å². The standard InChI is InChI=1S/C19H19N5O3S/c1-11-21-16(27-23-11)7-8-24-9-15(25)17(18(24)20)19-22-14(10-28-19)12-3-5-13(26-2)6-4-12/h3-6,10,20,25H,7-9H2,1-2H3. The number of ether oxygens (including phenoxy) is 1. The minimum Gasteiger partial charge on any atom is -0.510 e. The monoisotopic (exact) mass is 397 g/mol. The van der Waals surface area contributed by atoms with Crippen molar-refractivity contribution in [2.75, 3.05) is 20.2 Å². The molecule has 0 bridgehead atoms. The number of nitrogens with zero attached hydrogens (tertiary/aromatic N) is 4. The third-order valence-electron chi connectivity index (χ3n) is 4.45. The molecule has 1 aliphatic rings. The summed E-state index contributed by atoms with van der Waals surface area (Å²) < 4.78 is 10.3. The van der Waals surface area contributed by atoms with Gasteiger partial charge in [-0.15, -0.1) is 11.3 Å². The number of hydrogen-bond acceptors (Lipinski definition) is 8. The highest BCUT2D eigenvalue weighted by Crippen LogP contribution is 2.32. The molecular formula is C19H19N5O3S. The molecule has 3 aromatic rings. The van der Waals surface area contributed by atoms with Gasteiger partial charge < -0.3 is 19.3 Å². The number of aryl methyl sites for hydroxylation is 1. The lowest BCUT2D eigenvalue weighted by Crippen LogP contribution is -2.28. The average Bonchev–Trinajstić information content (AvgIpc) is 3.40. The van der Waals surface area contributed by atoms with Crippen LogP contribution in [0.1, 0.15) is 16.7 Å². The van der Waals surface area contributed by atoms with Crippen molar-refractivity contribution in [3.8, 4) is 17.0 Å². The molecule has 4 rings (SSSR count). The van der Waals surface area contributed by atoms with Crippen LogP contribution in [-0.2, 0) is 6.42 Å². The summed E-state index contributed by atoms with van der Waals surface area (Å²) >= 11 is 1.41. The lowest BCUT2D eigenvalue weighted by molar-refractivity contribution is 0.330. The van der Waals surface area contributed by atoms with Crippen LogP contribution in [0.25, 0.3) is 16.8 Å². The largest absolute Gasteiger partial charge is 0.510 e. The summed E-state index contributed by atoms with van der Waals surface area (Å²) in [6, 6.07) is 7.63. The molecule has 0 spiro atoms. The first kappa shape index (κ1) is 18.2. The fourth-order valence-electron chi connectivity index (χ4n) is 3.00. The average molecular weight is 397 g/mol. The third kappa shape index (κ3) is 3.48. The number of hydrogen-bond donors (Lipinski definition) is 2. The molecule has 0 saturated heterocycles. The van der Waals surface area contributed by atoms with Crippen LogP contribution in [0.15, 0.2) is 39.9 Å². The Morgan fingerprint density at radius 2 is 2.07 bits per heavy atom. The zero-order valence-electron chi connectivity index (χ0n) is 15.5. The van der Waals surface area contributed by atoms with Crippen LogP contribution in [-0.4, -0.2) is 51.2 Å². The molecule has 0 atom stereocenters. The highest BCUT2D eigenvalue weighted by molar-refractivity contribution is 7.11. The number of methoxy groups -OCH3 is 1. The maximum Gasteiger partial charge on any atom is 0.228 e. The Morgan fingerprint density at radius 1 is 1.29 bits per heavy atom. The number of benzene rings is 1. The molecular weight excluding hydrogens is 378 g/mol. The van der Waals surface area contributed by atoms with E-state index in [1.54, 1.807) is 18.9 Å². The SMILES string of the molecule is COc1ccc(-c2csc(C3=C(O)CN(CCc4nc(C)no4)C3=N)n2)cc1. The highest BCUT2D eigenvalue weighted by Gasteiger charge is 2.30. The Hall–Kier alpha value is -3.20. The Bertz CT molecular complexity index is 1040. The zero-order valence-corrected chi connectivity index (χ0v) is 16.3. The second-order valence-electron chi connectivity index (χ2n) is 6.34. The Labute approximate surface area is 165 Å². The van der Waals surface area contributed by atoms with Crippen molar-refractivity contribution < 1.29 is 14.4 Å². The molecule has 0 fully saturated rings. The molecule has 8 nitrogen and oxygen atoms in total. The quantitative estimate of drug-likeness (QED) is 0.657. The molecule has 0 radical (unpaired) electrons. The van der Waals surface area contributed by atoms with E-state index in [-0.39, 0.29) is 18.1 Å². The van der Waals surface area contributed by atoms with Crippen molar-refractivity contribution in [1.82, 2.24) is 20.0 Å². The van der Waals surface area contributed by atoms with Gasteiger partial charge in [0.15, 0.2) is 5.82 Å². The minimum absolute atomic E-state index is 0.155. The molecule has 1 aromatic carbocycles.